The fraction of sp³-hybridized carbons (Fsp3) is 0.333. The molecule has 0 radical (unpaired) electrons. The molecule has 0 atom stereocenters. The third-order valence-electron chi connectivity index (χ3n) is 2.21. The third kappa shape index (κ3) is 1.43. The van der Waals surface area contributed by atoms with Crippen LogP contribution in [-0.4, -0.2) is 13.2 Å². The first kappa shape index (κ1) is 8.94. The van der Waals surface area contributed by atoms with Crippen LogP contribution < -0.4 is 5.73 Å². The Bertz CT molecular complexity index is 338. The van der Waals surface area contributed by atoms with E-state index in [9.17, 15) is 4.39 Å². The van der Waals surface area contributed by atoms with Crippen molar-refractivity contribution in [2.24, 2.45) is 5.73 Å². The van der Waals surface area contributed by atoms with Crippen LogP contribution in [0.5, 0.6) is 0 Å². The van der Waals surface area contributed by atoms with Crippen LogP contribution in [-0.2, 0) is 10.3 Å². The zero-order valence-electron chi connectivity index (χ0n) is 6.89. The van der Waals surface area contributed by atoms with Gasteiger partial charge in [-0.2, -0.15) is 0 Å². The Morgan fingerprint density at radius 1 is 1.46 bits per heavy atom. The van der Waals surface area contributed by atoms with Crippen molar-refractivity contribution in [1.29, 1.82) is 0 Å². The van der Waals surface area contributed by atoms with E-state index in [2.05, 4.69) is 0 Å². The number of hydrogen-bond donors (Lipinski definition) is 1. The van der Waals surface area contributed by atoms with Gasteiger partial charge in [-0.15, -0.1) is 0 Å². The van der Waals surface area contributed by atoms with Gasteiger partial charge in [0.25, 0.3) is 0 Å². The number of benzene rings is 1. The lowest BCUT2D eigenvalue weighted by Gasteiger charge is -2.38. The summed E-state index contributed by atoms with van der Waals surface area (Å²) in [5.41, 5.74) is 6.29. The molecular weight excluding hydrogens is 193 g/mol. The monoisotopic (exact) mass is 201 g/mol. The molecule has 1 fully saturated rings. The van der Waals surface area contributed by atoms with E-state index in [4.69, 9.17) is 22.1 Å². The fourth-order valence-electron chi connectivity index (χ4n) is 1.29. The molecule has 0 aromatic heterocycles. The maximum atomic E-state index is 12.8. The Hall–Kier alpha value is -0.640. The number of halogens is 2. The molecule has 0 aliphatic carbocycles. The van der Waals surface area contributed by atoms with Crippen molar-refractivity contribution in [1.82, 2.24) is 0 Å². The van der Waals surface area contributed by atoms with Gasteiger partial charge in [0.05, 0.1) is 23.8 Å². The van der Waals surface area contributed by atoms with Crippen molar-refractivity contribution in [2.75, 3.05) is 13.2 Å². The van der Waals surface area contributed by atoms with Gasteiger partial charge in [-0.05, 0) is 17.7 Å². The van der Waals surface area contributed by atoms with E-state index < -0.39 is 11.4 Å². The smallest absolute Gasteiger partial charge is 0.141 e. The molecule has 2 rings (SSSR count). The molecule has 1 aliphatic heterocycles. The SMILES string of the molecule is NC1(c2ccc(F)c(Cl)c2)COC1. The minimum Gasteiger partial charge on any atom is -0.377 e. The number of ether oxygens (including phenoxy) is 1. The lowest BCUT2D eigenvalue weighted by Crippen LogP contribution is -2.54. The van der Waals surface area contributed by atoms with E-state index in [1.165, 1.54) is 6.07 Å². The molecule has 4 heteroatoms. The first-order valence-electron chi connectivity index (χ1n) is 3.94. The number of hydrogen-bond acceptors (Lipinski definition) is 2. The molecule has 1 heterocycles. The van der Waals surface area contributed by atoms with E-state index >= 15 is 0 Å². The van der Waals surface area contributed by atoms with Crippen molar-refractivity contribution < 1.29 is 9.13 Å². The van der Waals surface area contributed by atoms with Gasteiger partial charge in [0.15, 0.2) is 0 Å². The molecule has 1 aromatic carbocycles. The largest absolute Gasteiger partial charge is 0.377 e. The van der Waals surface area contributed by atoms with Crippen molar-refractivity contribution in [3.8, 4) is 0 Å². The Morgan fingerprint density at radius 2 is 2.15 bits per heavy atom. The number of rotatable bonds is 1. The lowest BCUT2D eigenvalue weighted by atomic mass is 9.89. The van der Waals surface area contributed by atoms with Gasteiger partial charge in [-0.3, -0.25) is 0 Å². The molecule has 0 saturated carbocycles. The molecule has 1 aromatic rings. The second-order valence-corrected chi connectivity index (χ2v) is 3.69. The highest BCUT2D eigenvalue weighted by Crippen LogP contribution is 2.29. The van der Waals surface area contributed by atoms with E-state index in [1.54, 1.807) is 12.1 Å². The van der Waals surface area contributed by atoms with Crippen LogP contribution in [0.25, 0.3) is 0 Å². The lowest BCUT2D eigenvalue weighted by molar-refractivity contribution is -0.0569. The fourth-order valence-corrected chi connectivity index (χ4v) is 1.48. The summed E-state index contributed by atoms with van der Waals surface area (Å²) in [6, 6.07) is 4.52. The molecule has 1 aliphatic rings. The summed E-state index contributed by atoms with van der Waals surface area (Å²) < 4.78 is 17.8. The highest BCUT2D eigenvalue weighted by molar-refractivity contribution is 6.30. The zero-order chi connectivity index (χ0) is 9.47. The maximum Gasteiger partial charge on any atom is 0.141 e. The van der Waals surface area contributed by atoms with Gasteiger partial charge >= 0.3 is 0 Å². The first-order chi connectivity index (χ1) is 6.12. The molecule has 0 amide bonds. The summed E-state index contributed by atoms with van der Waals surface area (Å²) in [7, 11) is 0. The highest BCUT2D eigenvalue weighted by atomic mass is 35.5. The third-order valence-corrected chi connectivity index (χ3v) is 2.50. The summed E-state index contributed by atoms with van der Waals surface area (Å²) in [6.45, 7) is 0.934. The predicted molar refractivity (Wildman–Crippen MR) is 48.1 cm³/mol. The summed E-state index contributed by atoms with van der Waals surface area (Å²) in [5.74, 6) is -0.422. The predicted octanol–water partition coefficient (Wildman–Crippen LogP) is 1.66. The average molecular weight is 202 g/mol. The van der Waals surface area contributed by atoms with Crippen LogP contribution in [0.15, 0.2) is 18.2 Å². The minimum atomic E-state index is -0.475. The van der Waals surface area contributed by atoms with Crippen molar-refractivity contribution in [3.05, 3.63) is 34.6 Å². The molecule has 1 saturated heterocycles. The second kappa shape index (κ2) is 2.94. The van der Waals surface area contributed by atoms with Crippen LogP contribution in [0.4, 0.5) is 4.39 Å². The van der Waals surface area contributed by atoms with Crippen LogP contribution in [0.1, 0.15) is 5.56 Å². The molecule has 70 valence electrons. The molecular formula is C9H9ClFNO. The van der Waals surface area contributed by atoms with Gasteiger partial charge in [0.1, 0.15) is 5.82 Å². The molecule has 2 N–H and O–H groups in total. The standard InChI is InChI=1S/C9H9ClFNO/c10-7-3-6(1-2-8(7)11)9(12)4-13-5-9/h1-3H,4-5,12H2. The van der Waals surface area contributed by atoms with Crippen LogP contribution in [0.2, 0.25) is 5.02 Å². The van der Waals surface area contributed by atoms with E-state index in [1.807, 2.05) is 0 Å². The summed E-state index contributed by atoms with van der Waals surface area (Å²) in [5, 5.41) is 0.106. The Morgan fingerprint density at radius 3 is 2.62 bits per heavy atom. The maximum absolute atomic E-state index is 12.8. The van der Waals surface area contributed by atoms with E-state index in [0.29, 0.717) is 13.2 Å². The molecule has 0 bridgehead atoms. The van der Waals surface area contributed by atoms with Gasteiger partial charge in [-0.25, -0.2) is 4.39 Å². The summed E-state index contributed by atoms with van der Waals surface area (Å²) in [6.07, 6.45) is 0. The van der Waals surface area contributed by atoms with E-state index in [-0.39, 0.29) is 5.02 Å². The summed E-state index contributed by atoms with van der Waals surface area (Å²) >= 11 is 5.63. The Kier molecular flexibility index (Phi) is 2.02. The van der Waals surface area contributed by atoms with E-state index in [0.717, 1.165) is 5.56 Å². The van der Waals surface area contributed by atoms with Crippen molar-refractivity contribution in [3.63, 3.8) is 0 Å². The number of nitrogens with two attached hydrogens (primary N) is 1. The second-order valence-electron chi connectivity index (χ2n) is 3.28. The van der Waals surface area contributed by atoms with Gasteiger partial charge < -0.3 is 10.5 Å². The zero-order valence-corrected chi connectivity index (χ0v) is 7.64. The molecule has 0 spiro atoms. The van der Waals surface area contributed by atoms with Crippen molar-refractivity contribution >= 4 is 11.6 Å². The first-order valence-corrected chi connectivity index (χ1v) is 4.32. The van der Waals surface area contributed by atoms with Gasteiger partial charge in [0.2, 0.25) is 0 Å². The van der Waals surface area contributed by atoms with Gasteiger partial charge in [-0.1, -0.05) is 17.7 Å². The van der Waals surface area contributed by atoms with Crippen LogP contribution in [0, 0.1) is 5.82 Å². The topological polar surface area (TPSA) is 35.2 Å². The minimum absolute atomic E-state index is 0.106. The normalized spacial score (nSPS) is 19.6. The van der Waals surface area contributed by atoms with Crippen LogP contribution in [0.3, 0.4) is 0 Å². The average Bonchev–Trinajstić information content (AvgIpc) is 2.06. The highest BCUT2D eigenvalue weighted by Gasteiger charge is 2.36. The molecule has 2 nitrogen and oxygen atoms in total. The Labute approximate surface area is 80.4 Å². The van der Waals surface area contributed by atoms with Crippen molar-refractivity contribution in [2.45, 2.75) is 5.54 Å². The Balaban J connectivity index is 2.36. The molecule has 13 heavy (non-hydrogen) atoms. The van der Waals surface area contributed by atoms with Crippen LogP contribution >= 0.6 is 11.6 Å². The quantitative estimate of drug-likeness (QED) is 0.750. The van der Waals surface area contributed by atoms with Gasteiger partial charge in [0, 0.05) is 0 Å². The molecule has 0 unspecified atom stereocenters. The summed E-state index contributed by atoms with van der Waals surface area (Å²) in [4.78, 5) is 0.